The zero-order valence-corrected chi connectivity index (χ0v) is 12.6. The summed E-state index contributed by atoms with van der Waals surface area (Å²) in [6.45, 7) is 10.4. The largest absolute Gasteiger partial charge is 0.498 e. The van der Waals surface area contributed by atoms with E-state index in [4.69, 9.17) is 9.31 Å². The molecule has 1 aromatic heterocycles. The lowest BCUT2D eigenvalue weighted by Crippen LogP contribution is -2.41. The molecule has 1 aliphatic heterocycles. The van der Waals surface area contributed by atoms with Gasteiger partial charge in [0.05, 0.1) is 22.9 Å². The van der Waals surface area contributed by atoms with Crippen LogP contribution in [0, 0.1) is 6.92 Å². The fourth-order valence-corrected chi connectivity index (χ4v) is 2.54. The van der Waals surface area contributed by atoms with Crippen molar-refractivity contribution in [2.24, 2.45) is 0 Å². The minimum Gasteiger partial charge on any atom is -0.399 e. The van der Waals surface area contributed by atoms with Gasteiger partial charge in [0.25, 0.3) is 0 Å². The lowest BCUT2D eigenvalue weighted by molar-refractivity contribution is 0.00578. The maximum atomic E-state index is 6.10. The molecule has 0 amide bonds. The molecule has 4 nitrogen and oxygen atoms in total. The highest BCUT2D eigenvalue weighted by molar-refractivity contribution is 6.62. The molecular weight excluding hydrogens is 239 g/mol. The molecular formula is C14H23BN2O2. The molecule has 0 radical (unpaired) electrons. The van der Waals surface area contributed by atoms with E-state index in [0.717, 1.165) is 11.2 Å². The normalized spacial score (nSPS) is 25.6. The van der Waals surface area contributed by atoms with Gasteiger partial charge in [0.1, 0.15) is 0 Å². The molecule has 1 aromatic rings. The zero-order chi connectivity index (χ0) is 13.8. The van der Waals surface area contributed by atoms with E-state index < -0.39 is 0 Å². The summed E-state index contributed by atoms with van der Waals surface area (Å²) >= 11 is 0. The Morgan fingerprint density at radius 2 is 1.79 bits per heavy atom. The van der Waals surface area contributed by atoms with Crippen LogP contribution < -0.4 is 5.46 Å². The first-order valence-corrected chi connectivity index (χ1v) is 7.21. The van der Waals surface area contributed by atoms with Gasteiger partial charge in [0.2, 0.25) is 0 Å². The monoisotopic (exact) mass is 262 g/mol. The van der Waals surface area contributed by atoms with Crippen LogP contribution in [-0.2, 0) is 9.31 Å². The van der Waals surface area contributed by atoms with Crippen molar-refractivity contribution in [3.63, 3.8) is 0 Å². The van der Waals surface area contributed by atoms with Crippen molar-refractivity contribution in [2.75, 3.05) is 0 Å². The van der Waals surface area contributed by atoms with Crippen molar-refractivity contribution < 1.29 is 9.31 Å². The first kappa shape index (κ1) is 13.2. The maximum Gasteiger partial charge on any atom is 0.498 e. The summed E-state index contributed by atoms with van der Waals surface area (Å²) in [7, 11) is -0.293. The second-order valence-electron chi connectivity index (χ2n) is 6.82. The second-order valence-corrected chi connectivity index (χ2v) is 6.82. The Hall–Kier alpha value is -0.805. The van der Waals surface area contributed by atoms with Crippen molar-refractivity contribution in [1.29, 1.82) is 0 Å². The van der Waals surface area contributed by atoms with Crippen LogP contribution in [-0.4, -0.2) is 28.1 Å². The number of aryl methyl sites for hydroxylation is 1. The lowest BCUT2D eigenvalue weighted by Gasteiger charge is -2.32. The summed E-state index contributed by atoms with van der Waals surface area (Å²) in [5.41, 5.74) is 1.52. The molecule has 0 bridgehead atoms. The summed E-state index contributed by atoms with van der Waals surface area (Å²) < 4.78 is 14.3. The molecule has 2 aliphatic rings. The van der Waals surface area contributed by atoms with Gasteiger partial charge in [-0.1, -0.05) is 0 Å². The predicted molar refractivity (Wildman–Crippen MR) is 75.6 cm³/mol. The van der Waals surface area contributed by atoms with E-state index in [1.165, 1.54) is 19.3 Å². The van der Waals surface area contributed by atoms with Crippen LogP contribution in [0.1, 0.15) is 58.7 Å². The SMILES string of the molecule is Cc1nn(C2CCC2)cc1B1OC(C)(C)C(C)(C)O1. The van der Waals surface area contributed by atoms with E-state index in [-0.39, 0.29) is 18.3 Å². The molecule has 19 heavy (non-hydrogen) atoms. The van der Waals surface area contributed by atoms with Gasteiger partial charge in [0.15, 0.2) is 0 Å². The number of rotatable bonds is 2. The fourth-order valence-electron chi connectivity index (χ4n) is 2.54. The third-order valence-corrected chi connectivity index (χ3v) is 4.91. The standard InChI is InChI=1S/C14H23BN2O2/c1-10-12(9-17(16-10)11-7-6-8-11)15-18-13(2,3)14(4,5)19-15/h9,11H,6-8H2,1-5H3. The highest BCUT2D eigenvalue weighted by atomic mass is 16.7. The molecule has 3 rings (SSSR count). The minimum atomic E-state index is -0.293. The Balaban J connectivity index is 1.85. The van der Waals surface area contributed by atoms with Crippen molar-refractivity contribution in [1.82, 2.24) is 9.78 Å². The molecule has 1 aliphatic carbocycles. The average Bonchev–Trinajstić information content (AvgIpc) is 2.63. The van der Waals surface area contributed by atoms with Crippen LogP contribution in [0.3, 0.4) is 0 Å². The molecule has 2 fully saturated rings. The third-order valence-electron chi connectivity index (χ3n) is 4.91. The summed E-state index contributed by atoms with van der Waals surface area (Å²) in [6.07, 6.45) is 5.91. The number of hydrogen-bond donors (Lipinski definition) is 0. The van der Waals surface area contributed by atoms with E-state index in [0.29, 0.717) is 6.04 Å². The fraction of sp³-hybridized carbons (Fsp3) is 0.786. The predicted octanol–water partition coefficient (Wildman–Crippen LogP) is 2.22. The Morgan fingerprint density at radius 3 is 2.26 bits per heavy atom. The summed E-state index contributed by atoms with van der Waals surface area (Å²) in [5, 5.41) is 4.63. The van der Waals surface area contributed by atoms with E-state index >= 15 is 0 Å². The van der Waals surface area contributed by atoms with Gasteiger partial charge >= 0.3 is 7.12 Å². The van der Waals surface area contributed by atoms with Gasteiger partial charge in [-0.05, 0) is 53.9 Å². The Labute approximate surface area is 115 Å². The molecule has 5 heteroatoms. The van der Waals surface area contributed by atoms with Crippen LogP contribution in [0.5, 0.6) is 0 Å². The van der Waals surface area contributed by atoms with Crippen LogP contribution >= 0.6 is 0 Å². The van der Waals surface area contributed by atoms with Crippen molar-refractivity contribution in [2.45, 2.75) is 71.1 Å². The first-order chi connectivity index (χ1) is 8.80. The van der Waals surface area contributed by atoms with Gasteiger partial charge in [-0.25, -0.2) is 0 Å². The van der Waals surface area contributed by atoms with Gasteiger partial charge in [-0.2, -0.15) is 5.10 Å². The second kappa shape index (κ2) is 4.09. The topological polar surface area (TPSA) is 36.3 Å². The Morgan fingerprint density at radius 1 is 1.21 bits per heavy atom. The summed E-state index contributed by atoms with van der Waals surface area (Å²) in [6, 6.07) is 0.579. The van der Waals surface area contributed by atoms with Crippen LogP contribution in [0.2, 0.25) is 0 Å². The lowest BCUT2D eigenvalue weighted by atomic mass is 9.79. The van der Waals surface area contributed by atoms with Gasteiger partial charge in [0, 0.05) is 11.7 Å². The van der Waals surface area contributed by atoms with Gasteiger partial charge in [-0.15, -0.1) is 0 Å². The molecule has 0 unspecified atom stereocenters. The van der Waals surface area contributed by atoms with Crippen LogP contribution in [0.25, 0.3) is 0 Å². The molecule has 2 heterocycles. The summed E-state index contributed by atoms with van der Waals surface area (Å²) in [5.74, 6) is 0. The molecule has 0 spiro atoms. The van der Waals surface area contributed by atoms with E-state index in [1.54, 1.807) is 0 Å². The number of hydrogen-bond acceptors (Lipinski definition) is 3. The van der Waals surface area contributed by atoms with Crippen LogP contribution in [0.15, 0.2) is 6.20 Å². The molecule has 1 saturated carbocycles. The van der Waals surface area contributed by atoms with Gasteiger partial charge < -0.3 is 9.31 Å². The quantitative estimate of drug-likeness (QED) is 0.767. The molecule has 0 aromatic carbocycles. The number of nitrogens with zero attached hydrogens (tertiary/aromatic N) is 2. The van der Waals surface area contributed by atoms with Crippen LogP contribution in [0.4, 0.5) is 0 Å². The first-order valence-electron chi connectivity index (χ1n) is 7.21. The highest BCUT2D eigenvalue weighted by Crippen LogP contribution is 2.37. The van der Waals surface area contributed by atoms with E-state index in [9.17, 15) is 0 Å². The van der Waals surface area contributed by atoms with Crippen molar-refractivity contribution >= 4 is 12.6 Å². The maximum absolute atomic E-state index is 6.10. The Bertz CT molecular complexity index is 476. The molecule has 0 N–H and O–H groups in total. The third kappa shape index (κ3) is 2.03. The van der Waals surface area contributed by atoms with Crippen molar-refractivity contribution in [3.8, 4) is 0 Å². The number of aromatic nitrogens is 2. The smallest absolute Gasteiger partial charge is 0.399 e. The molecule has 0 atom stereocenters. The average molecular weight is 262 g/mol. The van der Waals surface area contributed by atoms with E-state index in [2.05, 4.69) is 43.7 Å². The molecule has 1 saturated heterocycles. The Kier molecular flexibility index (Phi) is 2.84. The zero-order valence-electron chi connectivity index (χ0n) is 12.6. The van der Waals surface area contributed by atoms with Crippen molar-refractivity contribution in [3.05, 3.63) is 11.9 Å². The summed E-state index contributed by atoms with van der Waals surface area (Å²) in [4.78, 5) is 0. The van der Waals surface area contributed by atoms with Gasteiger partial charge in [-0.3, -0.25) is 4.68 Å². The minimum absolute atomic E-state index is 0.289. The highest BCUT2D eigenvalue weighted by Gasteiger charge is 2.52. The van der Waals surface area contributed by atoms with E-state index in [1.807, 2.05) is 6.92 Å². The molecule has 104 valence electrons.